The van der Waals surface area contributed by atoms with E-state index in [0.717, 1.165) is 14.3 Å². The van der Waals surface area contributed by atoms with Crippen molar-refractivity contribution < 1.29 is 17.9 Å². The molecule has 5 nitrogen and oxygen atoms in total. The molecule has 0 aliphatic rings. The van der Waals surface area contributed by atoms with Crippen molar-refractivity contribution in [3.8, 4) is 0 Å². The van der Waals surface area contributed by atoms with E-state index in [0.29, 0.717) is 5.56 Å². The smallest absolute Gasteiger partial charge is 0.338 e. The van der Waals surface area contributed by atoms with Crippen LogP contribution in [0.2, 0.25) is 0 Å². The number of benzene rings is 2. The average molecular weight is 398 g/mol. The molecule has 0 bridgehead atoms. The Hall–Kier alpha value is -1.70. The van der Waals surface area contributed by atoms with Gasteiger partial charge in [-0.3, -0.25) is 0 Å². The SMILES string of the molecule is CN(C)S(=O)(=O)c1ccc(C(=O)OCc2ccccc2Br)cc1. The summed E-state index contributed by atoms with van der Waals surface area (Å²) in [6, 6.07) is 13.1. The van der Waals surface area contributed by atoms with Gasteiger partial charge in [0.15, 0.2) is 0 Å². The van der Waals surface area contributed by atoms with E-state index >= 15 is 0 Å². The third kappa shape index (κ3) is 4.19. The first-order valence-corrected chi connectivity index (χ1v) is 8.99. The fourth-order valence-electron chi connectivity index (χ4n) is 1.82. The molecule has 2 aromatic rings. The van der Waals surface area contributed by atoms with E-state index in [9.17, 15) is 13.2 Å². The third-order valence-electron chi connectivity index (χ3n) is 3.19. The number of halogens is 1. The second-order valence-electron chi connectivity index (χ2n) is 4.98. The third-order valence-corrected chi connectivity index (χ3v) is 5.79. The topological polar surface area (TPSA) is 63.7 Å². The number of esters is 1. The maximum absolute atomic E-state index is 12.0. The maximum Gasteiger partial charge on any atom is 0.338 e. The first-order valence-electron chi connectivity index (χ1n) is 6.75. The lowest BCUT2D eigenvalue weighted by Gasteiger charge is -2.11. The average Bonchev–Trinajstić information content (AvgIpc) is 2.53. The minimum atomic E-state index is -3.51. The number of carbonyl (C=O) groups is 1. The van der Waals surface area contributed by atoms with Crippen LogP contribution in [0.4, 0.5) is 0 Å². The number of hydrogen-bond donors (Lipinski definition) is 0. The van der Waals surface area contributed by atoms with E-state index in [4.69, 9.17) is 4.74 Å². The van der Waals surface area contributed by atoms with Crippen LogP contribution in [0, 0.1) is 0 Å². The predicted molar refractivity (Wildman–Crippen MR) is 90.6 cm³/mol. The van der Waals surface area contributed by atoms with Crippen molar-refractivity contribution in [2.24, 2.45) is 0 Å². The summed E-state index contributed by atoms with van der Waals surface area (Å²) in [6.45, 7) is 0.137. The molecule has 0 heterocycles. The monoisotopic (exact) mass is 397 g/mol. The van der Waals surface area contributed by atoms with Gasteiger partial charge in [-0.25, -0.2) is 17.5 Å². The van der Waals surface area contributed by atoms with Gasteiger partial charge in [0.2, 0.25) is 10.0 Å². The zero-order valence-corrected chi connectivity index (χ0v) is 15.1. The summed E-state index contributed by atoms with van der Waals surface area (Å²) in [6.07, 6.45) is 0. The Morgan fingerprint density at radius 2 is 1.70 bits per heavy atom. The zero-order chi connectivity index (χ0) is 17.0. The summed E-state index contributed by atoms with van der Waals surface area (Å²) in [4.78, 5) is 12.2. The van der Waals surface area contributed by atoms with Gasteiger partial charge in [-0.2, -0.15) is 0 Å². The summed E-state index contributed by atoms with van der Waals surface area (Å²) >= 11 is 3.38. The molecule has 23 heavy (non-hydrogen) atoms. The van der Waals surface area contributed by atoms with Gasteiger partial charge in [0.1, 0.15) is 6.61 Å². The lowest BCUT2D eigenvalue weighted by molar-refractivity contribution is 0.0472. The van der Waals surface area contributed by atoms with E-state index in [1.165, 1.54) is 38.4 Å². The normalized spacial score (nSPS) is 11.5. The van der Waals surface area contributed by atoms with Gasteiger partial charge < -0.3 is 4.74 Å². The molecule has 0 aliphatic heterocycles. The Balaban J connectivity index is 2.08. The predicted octanol–water partition coefficient (Wildman–Crippen LogP) is 3.06. The van der Waals surface area contributed by atoms with Crippen LogP contribution in [0.1, 0.15) is 15.9 Å². The molecule has 2 rings (SSSR count). The fourth-order valence-corrected chi connectivity index (χ4v) is 3.12. The second kappa shape index (κ2) is 7.25. The molecule has 2 aromatic carbocycles. The highest BCUT2D eigenvalue weighted by atomic mass is 79.9. The zero-order valence-electron chi connectivity index (χ0n) is 12.7. The van der Waals surface area contributed by atoms with Crippen molar-refractivity contribution in [1.29, 1.82) is 0 Å². The molecule has 0 saturated heterocycles. The molecular formula is C16H16BrNO4S. The van der Waals surface area contributed by atoms with Crippen LogP contribution in [-0.4, -0.2) is 32.8 Å². The highest BCUT2D eigenvalue weighted by molar-refractivity contribution is 9.10. The second-order valence-corrected chi connectivity index (χ2v) is 7.99. The molecule has 0 saturated carbocycles. The highest BCUT2D eigenvalue weighted by Gasteiger charge is 2.17. The van der Waals surface area contributed by atoms with Crippen molar-refractivity contribution in [1.82, 2.24) is 4.31 Å². The molecule has 0 amide bonds. The van der Waals surface area contributed by atoms with E-state index in [1.54, 1.807) is 0 Å². The van der Waals surface area contributed by atoms with Gasteiger partial charge in [-0.05, 0) is 30.3 Å². The van der Waals surface area contributed by atoms with Crippen molar-refractivity contribution in [2.45, 2.75) is 11.5 Å². The lowest BCUT2D eigenvalue weighted by atomic mass is 10.2. The molecule has 0 N–H and O–H groups in total. The van der Waals surface area contributed by atoms with Gasteiger partial charge in [0.25, 0.3) is 0 Å². The number of hydrogen-bond acceptors (Lipinski definition) is 4. The Kier molecular flexibility index (Phi) is 5.56. The number of carbonyl (C=O) groups excluding carboxylic acids is 1. The maximum atomic E-state index is 12.0. The van der Waals surface area contributed by atoms with E-state index in [-0.39, 0.29) is 11.5 Å². The number of nitrogens with zero attached hydrogens (tertiary/aromatic N) is 1. The minimum Gasteiger partial charge on any atom is -0.457 e. The summed E-state index contributed by atoms with van der Waals surface area (Å²) in [5.74, 6) is -0.505. The fraction of sp³-hybridized carbons (Fsp3) is 0.188. The molecule has 0 radical (unpaired) electrons. The van der Waals surface area contributed by atoms with Crippen molar-refractivity contribution in [3.05, 3.63) is 64.1 Å². The quantitative estimate of drug-likeness (QED) is 0.727. The van der Waals surface area contributed by atoms with Crippen LogP contribution in [-0.2, 0) is 21.4 Å². The van der Waals surface area contributed by atoms with Crippen LogP contribution in [0.5, 0.6) is 0 Å². The van der Waals surface area contributed by atoms with E-state index in [1.807, 2.05) is 24.3 Å². The number of sulfonamides is 1. The summed E-state index contributed by atoms with van der Waals surface area (Å²) in [7, 11) is -0.598. The van der Waals surface area contributed by atoms with Crippen molar-refractivity contribution >= 4 is 31.9 Å². The van der Waals surface area contributed by atoms with Crippen LogP contribution < -0.4 is 0 Å². The Morgan fingerprint density at radius 1 is 1.09 bits per heavy atom. The number of rotatable bonds is 5. The lowest BCUT2D eigenvalue weighted by Crippen LogP contribution is -2.22. The van der Waals surface area contributed by atoms with Gasteiger partial charge in [0.05, 0.1) is 10.5 Å². The van der Waals surface area contributed by atoms with Crippen molar-refractivity contribution in [2.75, 3.05) is 14.1 Å². The van der Waals surface area contributed by atoms with Gasteiger partial charge >= 0.3 is 5.97 Å². The molecule has 0 fully saturated rings. The molecule has 0 unspecified atom stereocenters. The van der Waals surface area contributed by atoms with Gasteiger partial charge in [-0.1, -0.05) is 34.1 Å². The first-order chi connectivity index (χ1) is 10.8. The molecular weight excluding hydrogens is 382 g/mol. The first kappa shape index (κ1) is 17.7. The highest BCUT2D eigenvalue weighted by Crippen LogP contribution is 2.18. The molecule has 0 atom stereocenters. The van der Waals surface area contributed by atoms with Crippen LogP contribution in [0.3, 0.4) is 0 Å². The van der Waals surface area contributed by atoms with Gasteiger partial charge in [0, 0.05) is 24.1 Å². The Labute approximate surface area is 144 Å². The Bertz CT molecular complexity index is 801. The molecule has 7 heteroatoms. The van der Waals surface area contributed by atoms with Crippen LogP contribution in [0.15, 0.2) is 57.9 Å². The molecule has 0 aromatic heterocycles. The number of ether oxygens (including phenoxy) is 1. The van der Waals surface area contributed by atoms with Gasteiger partial charge in [-0.15, -0.1) is 0 Å². The molecule has 122 valence electrons. The summed E-state index contributed by atoms with van der Waals surface area (Å²) in [5.41, 5.74) is 1.16. The molecule has 0 aliphatic carbocycles. The van der Waals surface area contributed by atoms with Crippen LogP contribution >= 0.6 is 15.9 Å². The summed E-state index contributed by atoms with van der Waals surface area (Å²) < 4.78 is 31.2. The Morgan fingerprint density at radius 3 is 2.26 bits per heavy atom. The molecule has 0 spiro atoms. The minimum absolute atomic E-state index is 0.129. The standard InChI is InChI=1S/C16H16BrNO4S/c1-18(2)23(20,21)14-9-7-12(8-10-14)16(19)22-11-13-5-3-4-6-15(13)17/h3-10H,11H2,1-2H3. The van der Waals surface area contributed by atoms with E-state index < -0.39 is 16.0 Å². The van der Waals surface area contributed by atoms with E-state index in [2.05, 4.69) is 15.9 Å². The largest absolute Gasteiger partial charge is 0.457 e. The summed E-state index contributed by atoms with van der Waals surface area (Å²) in [5, 5.41) is 0. The van der Waals surface area contributed by atoms with Crippen molar-refractivity contribution in [3.63, 3.8) is 0 Å². The van der Waals surface area contributed by atoms with Crippen LogP contribution in [0.25, 0.3) is 0 Å².